The van der Waals surface area contributed by atoms with Crippen molar-refractivity contribution in [2.24, 2.45) is 0 Å². The SMILES string of the molecule is CCN(C)Cc1c(C(=O)NS(=O)(=O)N(C)C)n2c3c(cccc13)-c1c(C3CCCCC3)c3ccc(C(=O)O)cc3n1CCC2. The standard InChI is InChI=1S/C33H41N5O5S/c1-5-36(4)20-26-23-13-9-14-25-29(23)38(31(26)32(39)34-44(42,43)35(2)3)18-10-17-37-27-19-22(33(40)41)15-16-24(27)28(30(25)37)21-11-7-6-8-12-21/h9,13-16,19,21H,5-8,10-12,17-18,20H2,1-4H3,(H,34,39)(H,40,41). The number of hydrogen-bond donors (Lipinski definition) is 2. The number of aryl methyl sites for hydroxylation is 2. The van der Waals surface area contributed by atoms with Gasteiger partial charge in [0.2, 0.25) is 0 Å². The summed E-state index contributed by atoms with van der Waals surface area (Å²) in [4.78, 5) is 28.1. The minimum Gasteiger partial charge on any atom is -0.478 e. The van der Waals surface area contributed by atoms with E-state index in [0.29, 0.717) is 37.7 Å². The van der Waals surface area contributed by atoms with Gasteiger partial charge in [0.05, 0.1) is 16.8 Å². The molecule has 0 bridgehead atoms. The number of rotatable bonds is 8. The Kier molecular flexibility index (Phi) is 8.06. The van der Waals surface area contributed by atoms with Crippen LogP contribution in [-0.4, -0.2) is 71.4 Å². The highest BCUT2D eigenvalue weighted by Gasteiger charge is 2.33. The second-order valence-corrected chi connectivity index (χ2v) is 14.3. The molecule has 1 fully saturated rings. The van der Waals surface area contributed by atoms with Crippen molar-refractivity contribution in [2.45, 2.75) is 71.0 Å². The lowest BCUT2D eigenvalue weighted by Crippen LogP contribution is -2.40. The molecule has 0 spiro atoms. The van der Waals surface area contributed by atoms with Gasteiger partial charge in [-0.05, 0) is 56.5 Å². The molecule has 0 saturated heterocycles. The molecule has 0 atom stereocenters. The minimum absolute atomic E-state index is 0.266. The van der Waals surface area contributed by atoms with Crippen molar-refractivity contribution >= 4 is 43.9 Å². The maximum Gasteiger partial charge on any atom is 0.335 e. The molecule has 44 heavy (non-hydrogen) atoms. The lowest BCUT2D eigenvalue weighted by atomic mass is 9.81. The molecule has 0 unspecified atom stereocenters. The molecule has 6 rings (SSSR count). The van der Waals surface area contributed by atoms with Crippen molar-refractivity contribution in [3.05, 3.63) is 58.8 Å². The summed E-state index contributed by atoms with van der Waals surface area (Å²) >= 11 is 0. The Labute approximate surface area is 258 Å². The molecule has 11 heteroatoms. The summed E-state index contributed by atoms with van der Waals surface area (Å²) < 4.78 is 33.2. The Morgan fingerprint density at radius 2 is 1.70 bits per heavy atom. The van der Waals surface area contributed by atoms with Gasteiger partial charge in [0.1, 0.15) is 5.69 Å². The Morgan fingerprint density at radius 1 is 0.977 bits per heavy atom. The van der Waals surface area contributed by atoms with E-state index in [1.54, 1.807) is 12.1 Å². The smallest absolute Gasteiger partial charge is 0.335 e. The van der Waals surface area contributed by atoms with Crippen molar-refractivity contribution in [2.75, 3.05) is 27.7 Å². The molecule has 2 aromatic carbocycles. The highest BCUT2D eigenvalue weighted by atomic mass is 32.2. The maximum absolute atomic E-state index is 13.9. The molecule has 10 nitrogen and oxygen atoms in total. The first-order chi connectivity index (χ1) is 21.0. The number of para-hydroxylation sites is 1. The summed E-state index contributed by atoms with van der Waals surface area (Å²) in [5, 5.41) is 11.9. The number of aromatic nitrogens is 2. The summed E-state index contributed by atoms with van der Waals surface area (Å²) in [6.45, 7) is 4.43. The number of benzene rings is 2. The predicted octanol–water partition coefficient (Wildman–Crippen LogP) is 5.40. The molecule has 4 aromatic rings. The number of fused-ring (bicyclic) bond motifs is 4. The highest BCUT2D eigenvalue weighted by molar-refractivity contribution is 7.87. The molecule has 1 amide bonds. The Morgan fingerprint density at radius 3 is 2.39 bits per heavy atom. The van der Waals surface area contributed by atoms with Crippen LogP contribution in [0.15, 0.2) is 36.4 Å². The van der Waals surface area contributed by atoms with Gasteiger partial charge in [0.25, 0.3) is 5.91 Å². The predicted molar refractivity (Wildman–Crippen MR) is 172 cm³/mol. The number of hydrogen-bond acceptors (Lipinski definition) is 5. The Bertz CT molecular complexity index is 1880. The van der Waals surface area contributed by atoms with Crippen molar-refractivity contribution in [3.8, 4) is 11.3 Å². The number of carbonyl (C=O) groups excluding carboxylic acids is 1. The van der Waals surface area contributed by atoms with Crippen LogP contribution in [0.2, 0.25) is 0 Å². The van der Waals surface area contributed by atoms with E-state index >= 15 is 0 Å². The van der Waals surface area contributed by atoms with E-state index in [1.807, 2.05) is 29.8 Å². The number of amides is 1. The van der Waals surface area contributed by atoms with E-state index in [-0.39, 0.29) is 5.56 Å². The quantitative estimate of drug-likeness (QED) is 0.273. The van der Waals surface area contributed by atoms with Crippen LogP contribution in [0.4, 0.5) is 0 Å². The topological polar surface area (TPSA) is 117 Å². The van der Waals surface area contributed by atoms with Crippen molar-refractivity contribution in [1.29, 1.82) is 0 Å². The second kappa shape index (κ2) is 11.7. The first-order valence-corrected chi connectivity index (χ1v) is 16.9. The van der Waals surface area contributed by atoms with Crippen LogP contribution < -0.4 is 4.72 Å². The largest absolute Gasteiger partial charge is 0.478 e. The zero-order valence-corrected chi connectivity index (χ0v) is 26.7. The van der Waals surface area contributed by atoms with Crippen LogP contribution in [0.25, 0.3) is 33.1 Å². The highest BCUT2D eigenvalue weighted by Crippen LogP contribution is 2.47. The van der Waals surface area contributed by atoms with Crippen LogP contribution in [0.1, 0.15) is 83.3 Å². The number of nitrogens with zero attached hydrogens (tertiary/aromatic N) is 4. The molecule has 1 saturated carbocycles. The molecule has 1 aliphatic carbocycles. The number of carboxylic acids is 1. The molecule has 2 aromatic heterocycles. The van der Waals surface area contributed by atoms with E-state index < -0.39 is 22.1 Å². The van der Waals surface area contributed by atoms with Crippen LogP contribution in [0.5, 0.6) is 0 Å². The third kappa shape index (κ3) is 5.10. The van der Waals surface area contributed by atoms with Gasteiger partial charge in [-0.3, -0.25) is 4.79 Å². The van der Waals surface area contributed by atoms with Crippen LogP contribution in [0.3, 0.4) is 0 Å². The lowest BCUT2D eigenvalue weighted by Gasteiger charge is -2.25. The number of carbonyl (C=O) groups is 2. The van der Waals surface area contributed by atoms with E-state index in [4.69, 9.17) is 0 Å². The van der Waals surface area contributed by atoms with Gasteiger partial charge in [0, 0.05) is 61.1 Å². The minimum atomic E-state index is -4.01. The van der Waals surface area contributed by atoms with Crippen molar-refractivity contribution < 1.29 is 23.1 Å². The molecule has 3 heterocycles. The lowest BCUT2D eigenvalue weighted by molar-refractivity contribution is 0.0696. The number of aromatic carboxylic acids is 1. The van der Waals surface area contributed by atoms with Gasteiger partial charge >= 0.3 is 16.2 Å². The first kappa shape index (κ1) is 30.4. The van der Waals surface area contributed by atoms with Crippen molar-refractivity contribution in [1.82, 2.24) is 23.1 Å². The fraction of sp³-hybridized carbons (Fsp3) is 0.455. The molecule has 2 aliphatic rings. The molecule has 0 radical (unpaired) electrons. The van der Waals surface area contributed by atoms with Gasteiger partial charge in [0.15, 0.2) is 0 Å². The van der Waals surface area contributed by atoms with Gasteiger partial charge in [-0.1, -0.05) is 50.5 Å². The van der Waals surface area contributed by atoms with Gasteiger partial charge in [-0.15, -0.1) is 0 Å². The Balaban J connectivity index is 1.68. The van der Waals surface area contributed by atoms with E-state index in [9.17, 15) is 23.1 Å². The maximum atomic E-state index is 13.9. The average molecular weight is 620 g/mol. The second-order valence-electron chi connectivity index (χ2n) is 12.4. The fourth-order valence-corrected chi connectivity index (χ4v) is 7.69. The van der Waals surface area contributed by atoms with Gasteiger partial charge in [-0.2, -0.15) is 12.7 Å². The third-order valence-electron chi connectivity index (χ3n) is 9.45. The first-order valence-electron chi connectivity index (χ1n) is 15.5. The van der Waals surface area contributed by atoms with Crippen LogP contribution >= 0.6 is 0 Å². The number of carboxylic acid groups (broad SMARTS) is 1. The zero-order valence-electron chi connectivity index (χ0n) is 25.9. The molecular formula is C33H41N5O5S. The Hall–Kier alpha value is -3.67. The summed E-state index contributed by atoms with van der Waals surface area (Å²) in [5.74, 6) is -1.24. The van der Waals surface area contributed by atoms with Gasteiger partial charge in [-0.25, -0.2) is 9.52 Å². The van der Waals surface area contributed by atoms with Gasteiger partial charge < -0.3 is 19.1 Å². The van der Waals surface area contributed by atoms with Crippen molar-refractivity contribution in [3.63, 3.8) is 0 Å². The fourth-order valence-electron chi connectivity index (χ4n) is 7.18. The average Bonchev–Trinajstić information content (AvgIpc) is 3.48. The summed E-state index contributed by atoms with van der Waals surface area (Å²) in [5.41, 5.74) is 6.61. The molecule has 1 aliphatic heterocycles. The molecule has 234 valence electrons. The van der Waals surface area contributed by atoms with E-state index in [2.05, 4.69) is 27.2 Å². The normalized spacial score (nSPS) is 16.0. The monoisotopic (exact) mass is 619 g/mol. The van der Waals surface area contributed by atoms with Crippen LogP contribution in [-0.2, 0) is 29.8 Å². The molecular weight excluding hydrogens is 578 g/mol. The molecule has 2 N–H and O–H groups in total. The summed E-state index contributed by atoms with van der Waals surface area (Å²) in [6.07, 6.45) is 6.36. The van der Waals surface area contributed by atoms with E-state index in [0.717, 1.165) is 75.2 Å². The van der Waals surface area contributed by atoms with Crippen LogP contribution in [0, 0.1) is 0 Å². The summed E-state index contributed by atoms with van der Waals surface area (Å²) in [6, 6.07) is 11.6. The third-order valence-corrected chi connectivity index (χ3v) is 10.9. The number of nitrogens with one attached hydrogen (secondary N) is 1. The zero-order chi connectivity index (χ0) is 31.3. The van der Waals surface area contributed by atoms with E-state index in [1.165, 1.54) is 26.1 Å². The summed E-state index contributed by atoms with van der Waals surface area (Å²) in [7, 11) is 0.773.